The van der Waals surface area contributed by atoms with E-state index in [4.69, 9.17) is 0 Å². The van der Waals surface area contributed by atoms with Crippen LogP contribution in [0.15, 0.2) is 42.6 Å². The predicted octanol–water partition coefficient (Wildman–Crippen LogP) is 4.32. The molecule has 0 aliphatic carbocycles. The number of amides is 1. The van der Waals surface area contributed by atoms with Crippen molar-refractivity contribution in [2.45, 2.75) is 39.5 Å². The van der Waals surface area contributed by atoms with Gasteiger partial charge in [0.2, 0.25) is 5.91 Å². The molecule has 2 aromatic heterocycles. The fourth-order valence-electron chi connectivity index (χ4n) is 3.88. The van der Waals surface area contributed by atoms with E-state index in [9.17, 15) is 4.79 Å². The minimum absolute atomic E-state index is 0.225. The number of likely N-dealkylation sites (tertiary alicyclic amines) is 1. The molecule has 156 valence electrons. The van der Waals surface area contributed by atoms with Crippen LogP contribution in [0.2, 0.25) is 0 Å². The van der Waals surface area contributed by atoms with Crippen LogP contribution in [0.25, 0.3) is 0 Å². The lowest BCUT2D eigenvalue weighted by atomic mass is 9.91. The van der Waals surface area contributed by atoms with Gasteiger partial charge in [0.15, 0.2) is 5.13 Å². The van der Waals surface area contributed by atoms with Crippen molar-refractivity contribution >= 4 is 28.2 Å². The molecule has 3 aromatic rings. The molecule has 1 fully saturated rings. The smallest absolute Gasteiger partial charge is 0.226 e. The molecule has 0 bridgehead atoms. The zero-order valence-corrected chi connectivity index (χ0v) is 18.3. The highest BCUT2D eigenvalue weighted by molar-refractivity contribution is 7.15. The van der Waals surface area contributed by atoms with Gasteiger partial charge in [-0.2, -0.15) is 0 Å². The summed E-state index contributed by atoms with van der Waals surface area (Å²) in [5.41, 5.74) is 2.13. The summed E-state index contributed by atoms with van der Waals surface area (Å²) in [7, 11) is 0. The SMILES string of the molecule is Cc1nc(CC2CCN(C(=O)Cc3ccccc3)CC2)cc(Nc2ncc(C)s2)n1. The first-order chi connectivity index (χ1) is 14.5. The summed E-state index contributed by atoms with van der Waals surface area (Å²) in [5.74, 6) is 2.32. The van der Waals surface area contributed by atoms with E-state index in [1.807, 2.05) is 61.3 Å². The number of piperidine rings is 1. The number of carbonyl (C=O) groups is 1. The molecule has 0 unspecified atom stereocenters. The molecule has 4 rings (SSSR count). The Hall–Kier alpha value is -2.80. The third-order valence-corrected chi connectivity index (χ3v) is 6.24. The van der Waals surface area contributed by atoms with Crippen molar-refractivity contribution < 1.29 is 4.79 Å². The Morgan fingerprint density at radius 3 is 2.63 bits per heavy atom. The van der Waals surface area contributed by atoms with Gasteiger partial charge >= 0.3 is 0 Å². The van der Waals surface area contributed by atoms with Crippen LogP contribution in [0.3, 0.4) is 0 Å². The third kappa shape index (κ3) is 5.42. The van der Waals surface area contributed by atoms with E-state index in [2.05, 4.69) is 20.3 Å². The maximum absolute atomic E-state index is 12.6. The van der Waals surface area contributed by atoms with Gasteiger partial charge in [0, 0.05) is 35.9 Å². The molecule has 1 aliphatic rings. The van der Waals surface area contributed by atoms with Crippen LogP contribution in [0, 0.1) is 19.8 Å². The highest BCUT2D eigenvalue weighted by Gasteiger charge is 2.23. The number of benzene rings is 1. The van der Waals surface area contributed by atoms with Gasteiger partial charge in [0.25, 0.3) is 0 Å². The third-order valence-electron chi connectivity index (χ3n) is 5.41. The van der Waals surface area contributed by atoms with Crippen LogP contribution in [0.1, 0.15) is 34.8 Å². The Bertz CT molecular complexity index is 996. The number of hydrogen-bond donors (Lipinski definition) is 1. The fraction of sp³-hybridized carbons (Fsp3) is 0.391. The second kappa shape index (κ2) is 9.34. The maximum Gasteiger partial charge on any atom is 0.226 e. The Balaban J connectivity index is 1.32. The fourth-order valence-corrected chi connectivity index (χ4v) is 4.56. The molecule has 0 saturated carbocycles. The molecule has 0 atom stereocenters. The number of nitrogens with one attached hydrogen (secondary N) is 1. The van der Waals surface area contributed by atoms with Gasteiger partial charge in [0.1, 0.15) is 11.6 Å². The van der Waals surface area contributed by atoms with Crippen LogP contribution in [0.4, 0.5) is 10.9 Å². The number of aromatic nitrogens is 3. The minimum Gasteiger partial charge on any atom is -0.342 e. The Kier molecular flexibility index (Phi) is 6.38. The van der Waals surface area contributed by atoms with Crippen LogP contribution in [-0.2, 0) is 17.6 Å². The second-order valence-electron chi connectivity index (χ2n) is 7.88. The van der Waals surface area contributed by atoms with Gasteiger partial charge in [0.05, 0.1) is 6.42 Å². The second-order valence-corrected chi connectivity index (χ2v) is 9.12. The van der Waals surface area contributed by atoms with Gasteiger partial charge in [-0.1, -0.05) is 30.3 Å². The summed E-state index contributed by atoms with van der Waals surface area (Å²) >= 11 is 1.61. The highest BCUT2D eigenvalue weighted by atomic mass is 32.1. The van der Waals surface area contributed by atoms with Crippen molar-refractivity contribution in [2.75, 3.05) is 18.4 Å². The van der Waals surface area contributed by atoms with Crippen LogP contribution < -0.4 is 5.32 Å². The zero-order chi connectivity index (χ0) is 20.9. The molecular formula is C23H27N5OS. The molecule has 1 aromatic carbocycles. The number of rotatable bonds is 6. The number of anilines is 2. The highest BCUT2D eigenvalue weighted by Crippen LogP contribution is 2.24. The number of carbonyl (C=O) groups excluding carboxylic acids is 1. The van der Waals surface area contributed by atoms with Crippen molar-refractivity contribution in [3.63, 3.8) is 0 Å². The van der Waals surface area contributed by atoms with E-state index in [0.717, 1.165) is 65.3 Å². The van der Waals surface area contributed by atoms with E-state index in [-0.39, 0.29) is 5.91 Å². The van der Waals surface area contributed by atoms with Gasteiger partial charge in [-0.05, 0) is 44.6 Å². The molecule has 3 heterocycles. The van der Waals surface area contributed by atoms with Crippen molar-refractivity contribution in [3.05, 3.63) is 64.6 Å². The molecule has 1 aliphatic heterocycles. The molecule has 30 heavy (non-hydrogen) atoms. The number of thiazole rings is 1. The van der Waals surface area contributed by atoms with Crippen molar-refractivity contribution in [1.82, 2.24) is 19.9 Å². The quantitative estimate of drug-likeness (QED) is 0.642. The van der Waals surface area contributed by atoms with Gasteiger partial charge in [-0.15, -0.1) is 11.3 Å². The number of hydrogen-bond acceptors (Lipinski definition) is 6. The van der Waals surface area contributed by atoms with Gasteiger partial charge < -0.3 is 10.2 Å². The summed E-state index contributed by atoms with van der Waals surface area (Å²) in [4.78, 5) is 29.2. The Morgan fingerprint density at radius 1 is 1.17 bits per heavy atom. The number of aryl methyl sites for hydroxylation is 2. The topological polar surface area (TPSA) is 71.0 Å². The number of nitrogens with zero attached hydrogens (tertiary/aromatic N) is 4. The van der Waals surface area contributed by atoms with E-state index < -0.39 is 0 Å². The molecule has 7 heteroatoms. The lowest BCUT2D eigenvalue weighted by Gasteiger charge is -2.32. The lowest BCUT2D eigenvalue weighted by Crippen LogP contribution is -2.39. The first-order valence-electron chi connectivity index (χ1n) is 10.4. The molecule has 1 N–H and O–H groups in total. The van der Waals surface area contributed by atoms with E-state index >= 15 is 0 Å². The van der Waals surface area contributed by atoms with E-state index in [1.165, 1.54) is 0 Å². The normalized spacial score (nSPS) is 14.7. The minimum atomic E-state index is 0.225. The monoisotopic (exact) mass is 421 g/mol. The van der Waals surface area contributed by atoms with Crippen molar-refractivity contribution in [1.29, 1.82) is 0 Å². The van der Waals surface area contributed by atoms with Gasteiger partial charge in [-0.25, -0.2) is 15.0 Å². The lowest BCUT2D eigenvalue weighted by molar-refractivity contribution is -0.131. The Labute approximate surface area is 181 Å². The molecule has 0 spiro atoms. The van der Waals surface area contributed by atoms with Crippen molar-refractivity contribution in [2.24, 2.45) is 5.92 Å². The average Bonchev–Trinajstić information content (AvgIpc) is 3.13. The summed E-state index contributed by atoms with van der Waals surface area (Å²) in [6.07, 6.45) is 5.28. The molecule has 0 radical (unpaired) electrons. The Morgan fingerprint density at radius 2 is 1.93 bits per heavy atom. The van der Waals surface area contributed by atoms with E-state index in [0.29, 0.717) is 12.3 Å². The summed E-state index contributed by atoms with van der Waals surface area (Å²) in [5, 5.41) is 4.14. The predicted molar refractivity (Wildman–Crippen MR) is 120 cm³/mol. The molecular weight excluding hydrogens is 394 g/mol. The summed E-state index contributed by atoms with van der Waals surface area (Å²) < 4.78 is 0. The van der Waals surface area contributed by atoms with Crippen LogP contribution in [0.5, 0.6) is 0 Å². The van der Waals surface area contributed by atoms with E-state index in [1.54, 1.807) is 11.3 Å². The summed E-state index contributed by atoms with van der Waals surface area (Å²) in [6.45, 7) is 5.61. The van der Waals surface area contributed by atoms with Gasteiger partial charge in [-0.3, -0.25) is 4.79 Å². The average molecular weight is 422 g/mol. The molecule has 1 saturated heterocycles. The van der Waals surface area contributed by atoms with Crippen LogP contribution in [-0.4, -0.2) is 38.8 Å². The first kappa shape index (κ1) is 20.5. The standard InChI is InChI=1S/C23H27N5OS/c1-16-15-24-23(30-16)27-21-14-20(25-17(2)26-21)12-19-8-10-28(11-9-19)22(29)13-18-6-4-3-5-7-18/h3-7,14-15,19H,8-13H2,1-2H3,(H,24,25,26,27). The first-order valence-corrected chi connectivity index (χ1v) is 11.2. The van der Waals surface area contributed by atoms with Crippen LogP contribution >= 0.6 is 11.3 Å². The molecule has 6 nitrogen and oxygen atoms in total. The largest absolute Gasteiger partial charge is 0.342 e. The maximum atomic E-state index is 12.6. The molecule has 1 amide bonds. The zero-order valence-electron chi connectivity index (χ0n) is 17.5. The van der Waals surface area contributed by atoms with Crippen molar-refractivity contribution in [3.8, 4) is 0 Å². The summed E-state index contributed by atoms with van der Waals surface area (Å²) in [6, 6.07) is 12.0.